The van der Waals surface area contributed by atoms with Gasteiger partial charge in [0.25, 0.3) is 0 Å². The van der Waals surface area contributed by atoms with Gasteiger partial charge in [0.2, 0.25) is 0 Å². The second-order valence-electron chi connectivity index (χ2n) is 10.0. The normalized spacial score (nSPS) is 31.7. The fourth-order valence-electron chi connectivity index (χ4n) is 6.51. The first kappa shape index (κ1) is 21.7. The number of ketones is 1. The van der Waals surface area contributed by atoms with Gasteiger partial charge in [-0.15, -0.1) is 0 Å². The molecule has 5 rings (SSSR count). The van der Waals surface area contributed by atoms with Gasteiger partial charge in [-0.05, 0) is 96.5 Å². The van der Waals surface area contributed by atoms with Crippen LogP contribution in [0.3, 0.4) is 0 Å². The van der Waals surface area contributed by atoms with E-state index in [4.69, 9.17) is 9.47 Å². The molecule has 1 heterocycles. The summed E-state index contributed by atoms with van der Waals surface area (Å²) in [4.78, 5) is 24.2. The zero-order valence-electron chi connectivity index (χ0n) is 18.5. The molecule has 0 radical (unpaired) electrons. The monoisotopic (exact) mass is 546 g/mol. The molecule has 4 atom stereocenters. The SMILES string of the molecule is CC12CCC(C1)C1(C)Oc3ccc(C(=O)CCOc4cc(C(=O)O)ccc4I)cc3C21C. The first-order valence-corrected chi connectivity index (χ1v) is 12.2. The average Bonchev–Trinajstić information content (AvgIpc) is 3.32. The molecule has 1 N–H and O–H groups in total. The molecule has 0 aromatic heterocycles. The number of carboxylic acid groups (broad SMARTS) is 1. The van der Waals surface area contributed by atoms with E-state index < -0.39 is 5.97 Å². The summed E-state index contributed by atoms with van der Waals surface area (Å²) in [7, 11) is 0. The lowest BCUT2D eigenvalue weighted by molar-refractivity contribution is -0.0260. The Labute approximate surface area is 201 Å². The van der Waals surface area contributed by atoms with Crippen LogP contribution in [0, 0.1) is 14.9 Å². The molecule has 168 valence electrons. The summed E-state index contributed by atoms with van der Waals surface area (Å²) < 4.78 is 13.1. The molecule has 0 amide bonds. The summed E-state index contributed by atoms with van der Waals surface area (Å²) in [5.41, 5.74) is 1.90. The van der Waals surface area contributed by atoms with E-state index in [0.29, 0.717) is 17.2 Å². The van der Waals surface area contributed by atoms with Crippen molar-refractivity contribution in [2.75, 3.05) is 6.61 Å². The summed E-state index contributed by atoms with van der Waals surface area (Å²) in [6.07, 6.45) is 3.81. The molecular weight excluding hydrogens is 519 g/mol. The number of benzene rings is 2. The molecule has 0 saturated heterocycles. The predicted molar refractivity (Wildman–Crippen MR) is 129 cm³/mol. The lowest BCUT2D eigenvalue weighted by Gasteiger charge is -2.48. The third-order valence-electron chi connectivity index (χ3n) is 8.65. The van der Waals surface area contributed by atoms with Crippen LogP contribution in [0.5, 0.6) is 11.5 Å². The second-order valence-corrected chi connectivity index (χ2v) is 11.2. The third-order valence-corrected chi connectivity index (χ3v) is 9.54. The molecule has 6 heteroatoms. The molecule has 0 spiro atoms. The zero-order valence-corrected chi connectivity index (χ0v) is 20.7. The topological polar surface area (TPSA) is 72.8 Å². The molecule has 2 bridgehead atoms. The molecule has 2 fully saturated rings. The summed E-state index contributed by atoms with van der Waals surface area (Å²) in [6, 6.07) is 10.6. The largest absolute Gasteiger partial charge is 0.492 e. The molecule has 2 saturated carbocycles. The maximum absolute atomic E-state index is 13.0. The number of ether oxygens (including phenoxy) is 2. The Morgan fingerprint density at radius 3 is 2.66 bits per heavy atom. The zero-order chi connectivity index (χ0) is 22.9. The number of carboxylic acids is 1. The predicted octanol–water partition coefficient (Wildman–Crippen LogP) is 5.87. The van der Waals surface area contributed by atoms with Gasteiger partial charge in [-0.25, -0.2) is 4.79 Å². The Kier molecular flexibility index (Phi) is 4.89. The van der Waals surface area contributed by atoms with Crippen molar-refractivity contribution < 1.29 is 24.2 Å². The first-order chi connectivity index (χ1) is 15.1. The number of fused-ring (bicyclic) bond motifs is 7. The van der Waals surface area contributed by atoms with Gasteiger partial charge < -0.3 is 14.6 Å². The molecular formula is C26H27IO5. The number of Topliss-reactive ketones (excluding diaryl/α,β-unsaturated/α-hetero) is 1. The number of halogens is 1. The lowest BCUT2D eigenvalue weighted by Crippen LogP contribution is -2.54. The van der Waals surface area contributed by atoms with Crippen molar-refractivity contribution in [2.24, 2.45) is 11.3 Å². The number of hydrogen-bond donors (Lipinski definition) is 1. The first-order valence-electron chi connectivity index (χ1n) is 11.1. The van der Waals surface area contributed by atoms with Crippen molar-refractivity contribution in [3.05, 3.63) is 56.7 Å². The van der Waals surface area contributed by atoms with E-state index in [0.717, 1.165) is 9.32 Å². The molecule has 2 aromatic carbocycles. The van der Waals surface area contributed by atoms with Gasteiger partial charge in [0.05, 0.1) is 15.7 Å². The quantitative estimate of drug-likeness (QED) is 0.363. The highest BCUT2D eigenvalue weighted by Gasteiger charge is 2.73. The van der Waals surface area contributed by atoms with Crippen LogP contribution in [0.1, 0.15) is 72.7 Å². The highest BCUT2D eigenvalue weighted by atomic mass is 127. The van der Waals surface area contributed by atoms with Gasteiger partial charge >= 0.3 is 5.97 Å². The molecule has 3 aliphatic rings. The Balaban J connectivity index is 1.34. The lowest BCUT2D eigenvalue weighted by atomic mass is 9.56. The minimum atomic E-state index is -1.00. The third kappa shape index (κ3) is 2.87. The van der Waals surface area contributed by atoms with Gasteiger partial charge in [0.1, 0.15) is 17.1 Å². The standard InChI is InChI=1S/C26H27IO5/c1-24-10-8-17(14-24)26(3)25(24,2)18-12-15(5-7-21(18)32-26)20(28)9-11-31-22-13-16(23(29)30)4-6-19(22)27/h4-7,12-13,17H,8-11,14H2,1-3H3,(H,29,30). The highest BCUT2D eigenvalue weighted by molar-refractivity contribution is 14.1. The number of hydrogen-bond acceptors (Lipinski definition) is 4. The summed E-state index contributed by atoms with van der Waals surface area (Å²) in [5.74, 6) is 0.973. The van der Waals surface area contributed by atoms with Crippen molar-refractivity contribution >= 4 is 34.3 Å². The Hall–Kier alpha value is -2.09. The van der Waals surface area contributed by atoms with E-state index in [1.807, 2.05) is 18.2 Å². The van der Waals surface area contributed by atoms with Crippen LogP contribution in [0.25, 0.3) is 0 Å². The maximum atomic E-state index is 13.0. The van der Waals surface area contributed by atoms with Crippen LogP contribution in [-0.4, -0.2) is 29.1 Å². The Morgan fingerprint density at radius 2 is 1.91 bits per heavy atom. The van der Waals surface area contributed by atoms with E-state index in [-0.39, 0.29) is 40.8 Å². The minimum absolute atomic E-state index is 0.0164. The van der Waals surface area contributed by atoms with Crippen LogP contribution in [0.2, 0.25) is 0 Å². The van der Waals surface area contributed by atoms with Crippen LogP contribution in [0.4, 0.5) is 0 Å². The fourth-order valence-corrected chi connectivity index (χ4v) is 7.00. The molecule has 32 heavy (non-hydrogen) atoms. The number of aromatic carboxylic acids is 1. The van der Waals surface area contributed by atoms with Crippen LogP contribution < -0.4 is 9.47 Å². The molecule has 4 unspecified atom stereocenters. The average molecular weight is 546 g/mol. The maximum Gasteiger partial charge on any atom is 0.335 e. The van der Waals surface area contributed by atoms with Crippen molar-refractivity contribution in [1.29, 1.82) is 0 Å². The Morgan fingerprint density at radius 1 is 1.16 bits per heavy atom. The highest BCUT2D eigenvalue weighted by Crippen LogP contribution is 2.73. The summed E-state index contributed by atoms with van der Waals surface area (Å²) in [6.45, 7) is 7.16. The van der Waals surface area contributed by atoms with Gasteiger partial charge in [-0.1, -0.05) is 13.8 Å². The second kappa shape index (κ2) is 7.20. The Bertz CT molecular complexity index is 1140. The van der Waals surface area contributed by atoms with Crippen molar-refractivity contribution in [3.8, 4) is 11.5 Å². The minimum Gasteiger partial charge on any atom is -0.492 e. The molecule has 5 nitrogen and oxygen atoms in total. The van der Waals surface area contributed by atoms with Crippen LogP contribution in [-0.2, 0) is 5.41 Å². The van der Waals surface area contributed by atoms with Crippen LogP contribution >= 0.6 is 22.6 Å². The number of rotatable bonds is 6. The van der Waals surface area contributed by atoms with E-state index in [1.54, 1.807) is 12.1 Å². The smallest absolute Gasteiger partial charge is 0.335 e. The molecule has 2 aromatic rings. The van der Waals surface area contributed by atoms with Gasteiger partial charge in [-0.3, -0.25) is 4.79 Å². The van der Waals surface area contributed by atoms with E-state index in [9.17, 15) is 14.7 Å². The summed E-state index contributed by atoms with van der Waals surface area (Å²) in [5, 5.41) is 9.18. The van der Waals surface area contributed by atoms with Gasteiger partial charge in [0, 0.05) is 23.0 Å². The van der Waals surface area contributed by atoms with E-state index >= 15 is 0 Å². The van der Waals surface area contributed by atoms with Crippen LogP contribution in [0.15, 0.2) is 36.4 Å². The van der Waals surface area contributed by atoms with E-state index in [2.05, 4.69) is 43.4 Å². The van der Waals surface area contributed by atoms with Crippen molar-refractivity contribution in [1.82, 2.24) is 0 Å². The number of carbonyl (C=O) groups excluding carboxylic acids is 1. The molecule has 2 aliphatic carbocycles. The van der Waals surface area contributed by atoms with Crippen molar-refractivity contribution in [3.63, 3.8) is 0 Å². The number of carbonyl (C=O) groups is 2. The van der Waals surface area contributed by atoms with Crippen molar-refractivity contribution in [2.45, 2.75) is 57.5 Å². The fraction of sp³-hybridized carbons (Fsp3) is 0.462. The summed E-state index contributed by atoms with van der Waals surface area (Å²) >= 11 is 2.10. The van der Waals surface area contributed by atoms with Gasteiger partial charge in [-0.2, -0.15) is 0 Å². The van der Waals surface area contributed by atoms with Gasteiger partial charge in [0.15, 0.2) is 5.78 Å². The molecule has 1 aliphatic heterocycles. The van der Waals surface area contributed by atoms with E-state index in [1.165, 1.54) is 30.9 Å².